The van der Waals surface area contributed by atoms with Crippen molar-refractivity contribution < 1.29 is 27.9 Å². The zero-order valence-electron chi connectivity index (χ0n) is 9.08. The number of aromatic carboxylic acids is 1. The van der Waals surface area contributed by atoms with Crippen molar-refractivity contribution in [2.24, 2.45) is 0 Å². The molecular weight excluding hydrogens is 266 g/mol. The van der Waals surface area contributed by atoms with Crippen LogP contribution in [0.5, 0.6) is 0 Å². The molecule has 10 heteroatoms. The van der Waals surface area contributed by atoms with Gasteiger partial charge in [0, 0.05) is 6.20 Å². The molecule has 1 rings (SSSR count). The van der Waals surface area contributed by atoms with E-state index in [0.29, 0.717) is 0 Å². The number of anilines is 1. The molecule has 1 amide bonds. The van der Waals surface area contributed by atoms with Crippen LogP contribution in [0.2, 0.25) is 0 Å². The van der Waals surface area contributed by atoms with Crippen molar-refractivity contribution in [1.82, 2.24) is 9.71 Å². The lowest BCUT2D eigenvalue weighted by Crippen LogP contribution is -2.35. The minimum atomic E-state index is -4.28. The number of nitrogens with zero attached hydrogens (tertiary/aromatic N) is 1. The van der Waals surface area contributed by atoms with Crippen molar-refractivity contribution in [1.29, 1.82) is 0 Å². The molecule has 0 spiro atoms. The molecular formula is C8H9N3O6S. The molecule has 0 fully saturated rings. The van der Waals surface area contributed by atoms with Crippen LogP contribution in [0.25, 0.3) is 0 Å². The Kier molecular flexibility index (Phi) is 4.05. The third-order valence-electron chi connectivity index (χ3n) is 1.66. The maximum Gasteiger partial charge on any atom is 0.422 e. The van der Waals surface area contributed by atoms with E-state index in [-0.39, 0.29) is 5.69 Å². The van der Waals surface area contributed by atoms with Crippen molar-refractivity contribution >= 4 is 28.0 Å². The SMILES string of the molecule is COC(=O)NS(=O)(=O)Nc1cccnc1C(=O)O. The number of carbonyl (C=O) groups excluding carboxylic acids is 1. The van der Waals surface area contributed by atoms with Gasteiger partial charge in [-0.3, -0.25) is 4.72 Å². The molecule has 0 atom stereocenters. The summed E-state index contributed by atoms with van der Waals surface area (Å²) in [5.74, 6) is -1.41. The van der Waals surface area contributed by atoms with Gasteiger partial charge in [0.05, 0.1) is 12.8 Å². The average molecular weight is 275 g/mol. The van der Waals surface area contributed by atoms with Crippen LogP contribution in [0.4, 0.5) is 10.5 Å². The molecule has 3 N–H and O–H groups in total. The summed E-state index contributed by atoms with van der Waals surface area (Å²) in [6.45, 7) is 0. The lowest BCUT2D eigenvalue weighted by atomic mass is 10.3. The fraction of sp³-hybridized carbons (Fsp3) is 0.125. The van der Waals surface area contributed by atoms with Crippen molar-refractivity contribution in [3.8, 4) is 0 Å². The van der Waals surface area contributed by atoms with Crippen molar-refractivity contribution in [2.75, 3.05) is 11.8 Å². The number of aromatic nitrogens is 1. The van der Waals surface area contributed by atoms with E-state index in [9.17, 15) is 18.0 Å². The van der Waals surface area contributed by atoms with Gasteiger partial charge < -0.3 is 9.84 Å². The standard InChI is InChI=1S/C8H9N3O6S/c1-17-8(14)11-18(15,16)10-5-3-2-4-9-6(5)7(12)13/h2-4,10H,1H3,(H,11,14)(H,12,13). The number of methoxy groups -OCH3 is 1. The molecule has 18 heavy (non-hydrogen) atoms. The number of carboxylic acids is 1. The van der Waals surface area contributed by atoms with Gasteiger partial charge in [0.15, 0.2) is 5.69 Å². The number of ether oxygens (including phenoxy) is 1. The number of rotatable bonds is 4. The number of carbonyl (C=O) groups is 2. The molecule has 0 bridgehead atoms. The molecule has 98 valence electrons. The number of nitrogens with one attached hydrogen (secondary N) is 2. The molecule has 0 aromatic carbocycles. The van der Waals surface area contributed by atoms with Crippen molar-refractivity contribution in [2.45, 2.75) is 0 Å². The van der Waals surface area contributed by atoms with Crippen LogP contribution in [0, 0.1) is 0 Å². The fourth-order valence-corrected chi connectivity index (χ4v) is 1.79. The van der Waals surface area contributed by atoms with E-state index < -0.39 is 28.0 Å². The first kappa shape index (κ1) is 13.7. The number of carboxylic acid groups (broad SMARTS) is 1. The maximum absolute atomic E-state index is 11.4. The second kappa shape index (κ2) is 5.31. The van der Waals surface area contributed by atoms with Gasteiger partial charge in [-0.05, 0) is 12.1 Å². The van der Waals surface area contributed by atoms with E-state index in [0.717, 1.165) is 7.11 Å². The summed E-state index contributed by atoms with van der Waals surface area (Å²) in [6.07, 6.45) is -0.0158. The average Bonchev–Trinajstić information content (AvgIpc) is 2.28. The summed E-state index contributed by atoms with van der Waals surface area (Å²) in [7, 11) is -3.30. The van der Waals surface area contributed by atoms with Gasteiger partial charge in [-0.25, -0.2) is 19.3 Å². The molecule has 0 saturated heterocycles. The minimum absolute atomic E-state index is 0.276. The van der Waals surface area contributed by atoms with Crippen LogP contribution in [-0.2, 0) is 14.9 Å². The topological polar surface area (TPSA) is 135 Å². The van der Waals surface area contributed by atoms with Crippen LogP contribution >= 0.6 is 0 Å². The summed E-state index contributed by atoms with van der Waals surface area (Å²) >= 11 is 0. The fourth-order valence-electron chi connectivity index (χ4n) is 0.980. The van der Waals surface area contributed by atoms with Gasteiger partial charge in [-0.15, -0.1) is 0 Å². The first-order valence-corrected chi connectivity index (χ1v) is 5.91. The van der Waals surface area contributed by atoms with Crippen molar-refractivity contribution in [3.63, 3.8) is 0 Å². The Morgan fingerprint density at radius 3 is 2.67 bits per heavy atom. The maximum atomic E-state index is 11.4. The molecule has 0 radical (unpaired) electrons. The highest BCUT2D eigenvalue weighted by Crippen LogP contribution is 2.13. The van der Waals surface area contributed by atoms with Gasteiger partial charge >= 0.3 is 22.3 Å². The smallest absolute Gasteiger partial charge is 0.422 e. The summed E-state index contributed by atoms with van der Waals surface area (Å²) in [4.78, 5) is 25.0. The number of hydrogen-bond donors (Lipinski definition) is 3. The van der Waals surface area contributed by atoms with E-state index in [2.05, 4.69) is 9.72 Å². The van der Waals surface area contributed by atoms with Crippen LogP contribution in [0.1, 0.15) is 10.5 Å². The predicted octanol–water partition coefficient (Wildman–Crippen LogP) is -0.208. The Morgan fingerprint density at radius 1 is 1.44 bits per heavy atom. The molecule has 1 heterocycles. The molecule has 0 aliphatic rings. The second-order valence-electron chi connectivity index (χ2n) is 2.90. The van der Waals surface area contributed by atoms with Gasteiger partial charge in [0.25, 0.3) is 0 Å². The second-order valence-corrected chi connectivity index (χ2v) is 4.32. The Morgan fingerprint density at radius 2 is 2.11 bits per heavy atom. The van der Waals surface area contributed by atoms with E-state index in [1.165, 1.54) is 23.1 Å². The first-order valence-electron chi connectivity index (χ1n) is 4.42. The molecule has 1 aromatic rings. The lowest BCUT2D eigenvalue weighted by Gasteiger charge is -2.09. The predicted molar refractivity (Wildman–Crippen MR) is 59.3 cm³/mol. The highest BCUT2D eigenvalue weighted by atomic mass is 32.2. The van der Waals surface area contributed by atoms with Crippen LogP contribution in [0.3, 0.4) is 0 Å². The summed E-state index contributed by atoms with van der Waals surface area (Å²) in [5, 5.41) is 8.78. The van der Waals surface area contributed by atoms with Crippen LogP contribution in [-0.4, -0.2) is 37.7 Å². The lowest BCUT2D eigenvalue weighted by molar-refractivity contribution is 0.0691. The third kappa shape index (κ3) is 3.59. The minimum Gasteiger partial charge on any atom is -0.476 e. The monoisotopic (exact) mass is 275 g/mol. The Hall–Kier alpha value is -2.36. The van der Waals surface area contributed by atoms with Crippen LogP contribution in [0.15, 0.2) is 18.3 Å². The van der Waals surface area contributed by atoms with E-state index in [4.69, 9.17) is 5.11 Å². The molecule has 0 aliphatic heterocycles. The van der Waals surface area contributed by atoms with Crippen molar-refractivity contribution in [3.05, 3.63) is 24.0 Å². The quantitative estimate of drug-likeness (QED) is 0.692. The zero-order valence-corrected chi connectivity index (χ0v) is 9.89. The highest BCUT2D eigenvalue weighted by molar-refractivity contribution is 7.91. The Bertz CT molecular complexity index is 570. The van der Waals surface area contributed by atoms with Crippen LogP contribution < -0.4 is 9.44 Å². The zero-order chi connectivity index (χ0) is 13.8. The Labute approximate surface area is 102 Å². The largest absolute Gasteiger partial charge is 0.476 e. The van der Waals surface area contributed by atoms with E-state index in [1.54, 1.807) is 0 Å². The molecule has 0 aliphatic carbocycles. The number of hydrogen-bond acceptors (Lipinski definition) is 6. The molecule has 0 unspecified atom stereocenters. The molecule has 9 nitrogen and oxygen atoms in total. The number of amides is 1. The van der Waals surface area contributed by atoms with Gasteiger partial charge in [0.2, 0.25) is 0 Å². The van der Waals surface area contributed by atoms with E-state index in [1.807, 2.05) is 4.72 Å². The van der Waals surface area contributed by atoms with Gasteiger partial charge in [-0.1, -0.05) is 0 Å². The first-order chi connectivity index (χ1) is 8.35. The highest BCUT2D eigenvalue weighted by Gasteiger charge is 2.19. The summed E-state index contributed by atoms with van der Waals surface area (Å²) < 4.78 is 30.3. The third-order valence-corrected chi connectivity index (χ3v) is 2.58. The molecule has 0 saturated carbocycles. The molecule has 1 aromatic heterocycles. The number of pyridine rings is 1. The normalized spacial score (nSPS) is 10.5. The Balaban J connectivity index is 2.98. The van der Waals surface area contributed by atoms with Gasteiger partial charge in [-0.2, -0.15) is 8.42 Å². The summed E-state index contributed by atoms with van der Waals surface area (Å²) in [5.41, 5.74) is -0.769. The summed E-state index contributed by atoms with van der Waals surface area (Å²) in [6, 6.07) is 2.52. The van der Waals surface area contributed by atoms with Gasteiger partial charge in [0.1, 0.15) is 0 Å². The van der Waals surface area contributed by atoms with E-state index >= 15 is 0 Å².